The predicted octanol–water partition coefficient (Wildman–Crippen LogP) is 5.89. The number of phenols is 2. The van der Waals surface area contributed by atoms with Crippen molar-refractivity contribution < 1.29 is 19.7 Å². The Bertz CT molecular complexity index is 1280. The van der Waals surface area contributed by atoms with Crippen molar-refractivity contribution in [2.75, 3.05) is 0 Å². The molecule has 0 saturated heterocycles. The summed E-state index contributed by atoms with van der Waals surface area (Å²) >= 11 is 1.42. The smallest absolute Gasteiger partial charge is 0.195 e. The molecule has 2 N–H and O–H groups in total. The Morgan fingerprint density at radius 3 is 2.39 bits per heavy atom. The number of nitriles is 1. The molecule has 0 aliphatic rings. The summed E-state index contributed by atoms with van der Waals surface area (Å²) < 4.78 is 6.49. The molecule has 0 amide bonds. The second-order valence-corrected chi connectivity index (χ2v) is 8.23. The first-order valence-electron chi connectivity index (χ1n) is 9.69. The van der Waals surface area contributed by atoms with Crippen LogP contribution in [0.2, 0.25) is 0 Å². The molecule has 4 rings (SSSR count). The number of ketones is 1. The highest BCUT2D eigenvalue weighted by molar-refractivity contribution is 7.22. The summed E-state index contributed by atoms with van der Waals surface area (Å²) in [7, 11) is 0. The largest absolute Gasteiger partial charge is 0.508 e. The van der Waals surface area contributed by atoms with Gasteiger partial charge >= 0.3 is 0 Å². The zero-order valence-electron chi connectivity index (χ0n) is 16.7. The molecule has 1 heterocycles. The van der Waals surface area contributed by atoms with E-state index >= 15 is 0 Å². The fourth-order valence-electron chi connectivity index (χ4n) is 3.36. The minimum Gasteiger partial charge on any atom is -0.508 e. The van der Waals surface area contributed by atoms with Crippen LogP contribution in [0.5, 0.6) is 17.2 Å². The van der Waals surface area contributed by atoms with Crippen molar-refractivity contribution in [3.63, 3.8) is 0 Å². The van der Waals surface area contributed by atoms with Crippen LogP contribution in [0.15, 0.2) is 66.7 Å². The molecule has 3 aromatic carbocycles. The Morgan fingerprint density at radius 1 is 1.03 bits per heavy atom. The average molecular weight is 429 g/mol. The third-order valence-electron chi connectivity index (χ3n) is 4.86. The lowest BCUT2D eigenvalue weighted by atomic mass is 9.97. The van der Waals surface area contributed by atoms with Crippen LogP contribution >= 0.6 is 11.3 Å². The number of phenolic OH excluding ortho intramolecular Hbond substituents is 2. The van der Waals surface area contributed by atoms with Gasteiger partial charge in [-0.3, -0.25) is 4.79 Å². The van der Waals surface area contributed by atoms with Gasteiger partial charge < -0.3 is 14.9 Å². The number of carbonyl (C=O) groups excluding carboxylic acids is 1. The van der Waals surface area contributed by atoms with Crippen LogP contribution in [0.25, 0.3) is 20.5 Å². The standard InChI is InChI=1S/C25H19NO4S/c1-15(12-13-26)30-20-9-4-16(5-10-20)24(29)23-21-11-8-19(28)14-22(21)31-25(23)17-2-6-18(27)7-3-17/h2-11,14-15,27-28H,12H2,1H3. The molecule has 1 aromatic heterocycles. The lowest BCUT2D eigenvalue weighted by Crippen LogP contribution is -2.10. The first-order chi connectivity index (χ1) is 15.0. The van der Waals surface area contributed by atoms with E-state index in [0.29, 0.717) is 16.9 Å². The topological polar surface area (TPSA) is 90.5 Å². The molecule has 31 heavy (non-hydrogen) atoms. The van der Waals surface area contributed by atoms with Crippen molar-refractivity contribution >= 4 is 27.2 Å². The summed E-state index contributed by atoms with van der Waals surface area (Å²) in [5.41, 5.74) is 1.87. The Balaban J connectivity index is 1.76. The summed E-state index contributed by atoms with van der Waals surface area (Å²) in [5.74, 6) is 0.740. The molecule has 0 aliphatic carbocycles. The maximum atomic E-state index is 13.5. The van der Waals surface area contributed by atoms with E-state index in [1.165, 1.54) is 11.3 Å². The van der Waals surface area contributed by atoms with Gasteiger partial charge in [0.15, 0.2) is 5.78 Å². The molecule has 0 saturated carbocycles. The molecule has 0 fully saturated rings. The zero-order chi connectivity index (χ0) is 22.0. The van der Waals surface area contributed by atoms with Gasteiger partial charge in [-0.05, 0) is 79.2 Å². The van der Waals surface area contributed by atoms with Crippen LogP contribution in [0.4, 0.5) is 0 Å². The van der Waals surface area contributed by atoms with Crippen molar-refractivity contribution in [2.45, 2.75) is 19.4 Å². The first kappa shape index (κ1) is 20.5. The summed E-state index contributed by atoms with van der Waals surface area (Å²) in [6.45, 7) is 1.82. The Kier molecular flexibility index (Phi) is 5.61. The average Bonchev–Trinajstić information content (AvgIpc) is 3.13. The van der Waals surface area contributed by atoms with Gasteiger partial charge in [0.2, 0.25) is 0 Å². The van der Waals surface area contributed by atoms with E-state index in [1.807, 2.05) is 6.92 Å². The number of fused-ring (bicyclic) bond motifs is 1. The molecule has 4 aromatic rings. The summed E-state index contributed by atoms with van der Waals surface area (Å²) in [4.78, 5) is 14.3. The van der Waals surface area contributed by atoms with Crippen LogP contribution in [-0.2, 0) is 0 Å². The van der Waals surface area contributed by atoms with Gasteiger partial charge in [-0.2, -0.15) is 5.26 Å². The molecular weight excluding hydrogens is 410 g/mol. The third-order valence-corrected chi connectivity index (χ3v) is 6.06. The number of ether oxygens (including phenoxy) is 1. The van der Waals surface area contributed by atoms with Crippen molar-refractivity contribution in [1.29, 1.82) is 5.26 Å². The van der Waals surface area contributed by atoms with Crippen LogP contribution in [0.1, 0.15) is 29.3 Å². The highest BCUT2D eigenvalue weighted by atomic mass is 32.1. The van der Waals surface area contributed by atoms with Crippen molar-refractivity contribution in [1.82, 2.24) is 0 Å². The molecule has 0 spiro atoms. The van der Waals surface area contributed by atoms with E-state index in [1.54, 1.807) is 66.7 Å². The molecule has 1 unspecified atom stereocenters. The first-order valence-corrected chi connectivity index (χ1v) is 10.5. The summed E-state index contributed by atoms with van der Waals surface area (Å²) in [6, 6.07) is 20.6. The van der Waals surface area contributed by atoms with E-state index in [4.69, 9.17) is 10.00 Å². The fraction of sp³-hybridized carbons (Fsp3) is 0.120. The summed E-state index contributed by atoms with van der Waals surface area (Å²) in [5, 5.41) is 29.1. The molecule has 154 valence electrons. The minimum absolute atomic E-state index is 0.137. The number of hydrogen-bond acceptors (Lipinski definition) is 6. The number of hydrogen-bond donors (Lipinski definition) is 2. The monoisotopic (exact) mass is 429 g/mol. The number of carbonyl (C=O) groups is 1. The number of benzene rings is 3. The van der Waals surface area contributed by atoms with E-state index in [9.17, 15) is 15.0 Å². The van der Waals surface area contributed by atoms with E-state index in [-0.39, 0.29) is 29.8 Å². The van der Waals surface area contributed by atoms with E-state index < -0.39 is 0 Å². The molecule has 0 radical (unpaired) electrons. The number of nitrogens with zero attached hydrogens (tertiary/aromatic N) is 1. The Labute approximate surface area is 183 Å². The lowest BCUT2D eigenvalue weighted by molar-refractivity contribution is 0.104. The van der Waals surface area contributed by atoms with Gasteiger partial charge in [0.25, 0.3) is 0 Å². The second-order valence-electron chi connectivity index (χ2n) is 7.18. The molecule has 0 aliphatic heterocycles. The van der Waals surface area contributed by atoms with Crippen molar-refractivity contribution in [3.05, 3.63) is 77.9 Å². The van der Waals surface area contributed by atoms with Gasteiger partial charge in [-0.15, -0.1) is 11.3 Å². The lowest BCUT2D eigenvalue weighted by Gasteiger charge is -2.12. The Hall–Kier alpha value is -3.82. The van der Waals surface area contributed by atoms with Gasteiger partial charge in [0, 0.05) is 26.1 Å². The maximum absolute atomic E-state index is 13.5. The molecule has 1 atom stereocenters. The summed E-state index contributed by atoms with van der Waals surface area (Å²) in [6.07, 6.45) is 0.0471. The SMILES string of the molecule is CC(CC#N)Oc1ccc(C(=O)c2c(-c3ccc(O)cc3)sc3cc(O)ccc23)cc1. The highest BCUT2D eigenvalue weighted by Gasteiger charge is 2.22. The number of rotatable bonds is 6. The van der Waals surface area contributed by atoms with Gasteiger partial charge in [-0.25, -0.2) is 0 Å². The number of aromatic hydroxyl groups is 2. The molecule has 6 heteroatoms. The van der Waals surface area contributed by atoms with Crippen LogP contribution in [-0.4, -0.2) is 22.1 Å². The third kappa shape index (κ3) is 4.23. The predicted molar refractivity (Wildman–Crippen MR) is 121 cm³/mol. The quantitative estimate of drug-likeness (QED) is 0.373. The normalized spacial score (nSPS) is 11.7. The van der Waals surface area contributed by atoms with Crippen molar-refractivity contribution in [3.8, 4) is 33.8 Å². The minimum atomic E-state index is -0.235. The Morgan fingerprint density at radius 2 is 1.71 bits per heavy atom. The fourth-order valence-corrected chi connectivity index (χ4v) is 4.60. The van der Waals surface area contributed by atoms with Crippen LogP contribution in [0, 0.1) is 11.3 Å². The second kappa shape index (κ2) is 8.50. The molecular formula is C25H19NO4S. The zero-order valence-corrected chi connectivity index (χ0v) is 17.5. The highest BCUT2D eigenvalue weighted by Crippen LogP contribution is 2.41. The van der Waals surface area contributed by atoms with Gasteiger partial charge in [0.1, 0.15) is 23.4 Å². The van der Waals surface area contributed by atoms with Gasteiger partial charge in [-0.1, -0.05) is 0 Å². The number of thiophene rings is 1. The van der Waals surface area contributed by atoms with E-state index in [2.05, 4.69) is 6.07 Å². The van der Waals surface area contributed by atoms with Crippen LogP contribution < -0.4 is 4.74 Å². The molecule has 5 nitrogen and oxygen atoms in total. The van der Waals surface area contributed by atoms with E-state index in [0.717, 1.165) is 20.5 Å². The van der Waals surface area contributed by atoms with Crippen LogP contribution in [0.3, 0.4) is 0 Å². The van der Waals surface area contributed by atoms with Gasteiger partial charge in [0.05, 0.1) is 12.5 Å². The molecule has 0 bridgehead atoms. The maximum Gasteiger partial charge on any atom is 0.195 e. The van der Waals surface area contributed by atoms with Crippen molar-refractivity contribution in [2.24, 2.45) is 0 Å².